The number of hydrogen-bond donors (Lipinski definition) is 0. The summed E-state index contributed by atoms with van der Waals surface area (Å²) < 4.78 is 73.8. The molecule has 19 heavy (non-hydrogen) atoms. The van der Waals surface area contributed by atoms with E-state index in [1.807, 2.05) is 0 Å². The first-order valence-corrected chi connectivity index (χ1v) is 5.56. The maximum Gasteiger partial charge on any atom is 0.471 e. The van der Waals surface area contributed by atoms with Crippen molar-refractivity contribution < 1.29 is 35.9 Å². The summed E-state index contributed by atoms with van der Waals surface area (Å²) in [4.78, 5) is 21.4. The predicted molar refractivity (Wildman–Crippen MR) is 50.8 cm³/mol. The van der Waals surface area contributed by atoms with Gasteiger partial charge in [0.25, 0.3) is 0 Å². The highest BCUT2D eigenvalue weighted by atomic mass is 19.4. The second-order valence-corrected chi connectivity index (χ2v) is 4.27. The summed E-state index contributed by atoms with van der Waals surface area (Å²) >= 11 is 0. The number of halogens is 6. The summed E-state index contributed by atoms with van der Waals surface area (Å²) in [6.07, 6.45) is -9.65. The van der Waals surface area contributed by atoms with Gasteiger partial charge in [-0.2, -0.15) is 26.3 Å². The Labute approximate surface area is 104 Å². The third-order valence-electron chi connectivity index (χ3n) is 2.86. The topological polar surface area (TPSA) is 37.4 Å². The van der Waals surface area contributed by atoms with E-state index in [-0.39, 0.29) is 12.8 Å². The molecule has 1 aliphatic carbocycles. The Balaban J connectivity index is 3.03. The fourth-order valence-electron chi connectivity index (χ4n) is 2.04. The van der Waals surface area contributed by atoms with Crippen molar-refractivity contribution in [3.05, 3.63) is 0 Å². The van der Waals surface area contributed by atoms with Gasteiger partial charge in [-0.3, -0.25) is 14.5 Å². The first kappa shape index (κ1) is 15.8. The quantitative estimate of drug-likeness (QED) is 0.697. The van der Waals surface area contributed by atoms with Gasteiger partial charge in [0.15, 0.2) is 0 Å². The highest BCUT2D eigenvalue weighted by molar-refractivity contribution is 6.00. The predicted octanol–water partition coefficient (Wildman–Crippen LogP) is 2.80. The first-order valence-electron chi connectivity index (χ1n) is 5.56. The lowest BCUT2D eigenvalue weighted by Crippen LogP contribution is -2.55. The zero-order valence-corrected chi connectivity index (χ0v) is 9.64. The molecular weight excluding hydrogens is 280 g/mol. The maximum atomic E-state index is 12.3. The van der Waals surface area contributed by atoms with E-state index in [4.69, 9.17) is 0 Å². The number of imide groups is 1. The minimum absolute atomic E-state index is 0.0381. The van der Waals surface area contributed by atoms with Gasteiger partial charge in [0.2, 0.25) is 0 Å². The van der Waals surface area contributed by atoms with Crippen molar-refractivity contribution in [3.63, 3.8) is 0 Å². The molecule has 0 spiro atoms. The van der Waals surface area contributed by atoms with Crippen molar-refractivity contribution in [2.45, 2.75) is 50.5 Å². The summed E-state index contributed by atoms with van der Waals surface area (Å²) in [5.41, 5.74) is 0. The molecule has 1 rings (SSSR count). The number of amides is 2. The Morgan fingerprint density at radius 2 is 1.16 bits per heavy atom. The van der Waals surface area contributed by atoms with Crippen LogP contribution in [0.5, 0.6) is 0 Å². The van der Waals surface area contributed by atoms with E-state index in [1.165, 1.54) is 0 Å². The third-order valence-corrected chi connectivity index (χ3v) is 2.86. The van der Waals surface area contributed by atoms with Crippen molar-refractivity contribution in [1.29, 1.82) is 0 Å². The summed E-state index contributed by atoms with van der Waals surface area (Å²) in [6.45, 7) is 0. The first-order chi connectivity index (χ1) is 8.55. The maximum absolute atomic E-state index is 12.3. The number of hydrogen-bond acceptors (Lipinski definition) is 2. The Bertz CT molecular complexity index is 330. The number of carbonyl (C=O) groups excluding carboxylic acids is 2. The van der Waals surface area contributed by atoms with Crippen molar-refractivity contribution >= 4 is 11.8 Å². The van der Waals surface area contributed by atoms with E-state index < -0.39 is 35.1 Å². The summed E-state index contributed by atoms with van der Waals surface area (Å²) in [5, 5.41) is 0. The van der Waals surface area contributed by atoms with Crippen LogP contribution in [-0.2, 0) is 9.59 Å². The molecule has 2 amide bonds. The molecule has 0 radical (unpaired) electrons. The van der Waals surface area contributed by atoms with Gasteiger partial charge in [0.05, 0.1) is 0 Å². The number of nitrogens with zero attached hydrogens (tertiary/aromatic N) is 1. The standard InChI is InChI=1S/C10H11F6NO2/c11-9(12,13)7(18)17(8(19)10(14,15)16)6-4-2-1-3-5-6/h6H,1-5H2. The molecule has 0 aromatic rings. The second kappa shape index (κ2) is 5.38. The van der Waals surface area contributed by atoms with Crippen LogP contribution in [0.2, 0.25) is 0 Å². The van der Waals surface area contributed by atoms with Crippen LogP contribution in [0.1, 0.15) is 32.1 Å². The monoisotopic (exact) mass is 291 g/mol. The Kier molecular flexibility index (Phi) is 4.46. The molecule has 0 aromatic carbocycles. The SMILES string of the molecule is O=C(N(C(=O)C(F)(F)F)C1CCCCC1)C(F)(F)F. The molecule has 3 nitrogen and oxygen atoms in total. The van der Waals surface area contributed by atoms with Crippen LogP contribution in [0.25, 0.3) is 0 Å². The zero-order chi connectivity index (χ0) is 14.8. The second-order valence-electron chi connectivity index (χ2n) is 4.27. The van der Waals surface area contributed by atoms with Crippen LogP contribution in [0.4, 0.5) is 26.3 Å². The molecule has 1 aliphatic rings. The van der Waals surface area contributed by atoms with Gasteiger partial charge in [0.1, 0.15) is 0 Å². The molecule has 9 heteroatoms. The normalized spacial score (nSPS) is 18.2. The average Bonchev–Trinajstić information content (AvgIpc) is 2.28. The van der Waals surface area contributed by atoms with Crippen LogP contribution >= 0.6 is 0 Å². The van der Waals surface area contributed by atoms with Gasteiger partial charge in [-0.1, -0.05) is 19.3 Å². The molecule has 0 N–H and O–H groups in total. The lowest BCUT2D eigenvalue weighted by atomic mass is 9.94. The number of carbonyl (C=O) groups is 2. The Morgan fingerprint density at radius 3 is 1.47 bits per heavy atom. The van der Waals surface area contributed by atoms with E-state index in [2.05, 4.69) is 0 Å². The van der Waals surface area contributed by atoms with Gasteiger partial charge in [0, 0.05) is 6.04 Å². The van der Waals surface area contributed by atoms with E-state index in [0.717, 1.165) is 0 Å². The molecular formula is C10H11F6NO2. The van der Waals surface area contributed by atoms with E-state index in [9.17, 15) is 35.9 Å². The van der Waals surface area contributed by atoms with Gasteiger partial charge < -0.3 is 0 Å². The van der Waals surface area contributed by atoms with Crippen molar-refractivity contribution in [3.8, 4) is 0 Å². The molecule has 0 unspecified atom stereocenters. The van der Waals surface area contributed by atoms with Crippen molar-refractivity contribution in [2.75, 3.05) is 0 Å². The molecule has 0 atom stereocenters. The van der Waals surface area contributed by atoms with Crippen LogP contribution < -0.4 is 0 Å². The summed E-state index contributed by atoms with van der Waals surface area (Å²) in [5.74, 6) is -5.50. The van der Waals surface area contributed by atoms with Gasteiger partial charge in [-0.25, -0.2) is 0 Å². The average molecular weight is 291 g/mol. The minimum Gasteiger partial charge on any atom is -0.264 e. The summed E-state index contributed by atoms with van der Waals surface area (Å²) in [7, 11) is 0. The molecule has 1 saturated carbocycles. The fourth-order valence-corrected chi connectivity index (χ4v) is 2.04. The highest BCUT2D eigenvalue weighted by Crippen LogP contribution is 2.31. The number of alkyl halides is 6. The summed E-state index contributed by atoms with van der Waals surface area (Å²) in [6, 6.07) is -1.34. The van der Waals surface area contributed by atoms with Crippen LogP contribution in [0.15, 0.2) is 0 Å². The smallest absolute Gasteiger partial charge is 0.264 e. The largest absolute Gasteiger partial charge is 0.471 e. The Morgan fingerprint density at radius 1 is 0.789 bits per heavy atom. The lowest BCUT2D eigenvalue weighted by molar-refractivity contribution is -0.207. The van der Waals surface area contributed by atoms with Gasteiger partial charge in [-0.05, 0) is 12.8 Å². The lowest BCUT2D eigenvalue weighted by Gasteiger charge is -2.33. The van der Waals surface area contributed by atoms with Crippen molar-refractivity contribution in [2.24, 2.45) is 0 Å². The molecule has 0 aliphatic heterocycles. The van der Waals surface area contributed by atoms with Crippen LogP contribution in [0.3, 0.4) is 0 Å². The van der Waals surface area contributed by atoms with Crippen LogP contribution in [-0.4, -0.2) is 35.1 Å². The van der Waals surface area contributed by atoms with Gasteiger partial charge in [-0.15, -0.1) is 0 Å². The van der Waals surface area contributed by atoms with Crippen molar-refractivity contribution in [1.82, 2.24) is 4.90 Å². The molecule has 0 heterocycles. The molecule has 0 saturated heterocycles. The third kappa shape index (κ3) is 3.84. The molecule has 0 bridgehead atoms. The Hall–Kier alpha value is -1.28. The zero-order valence-electron chi connectivity index (χ0n) is 9.64. The molecule has 110 valence electrons. The van der Waals surface area contributed by atoms with E-state index in [0.29, 0.717) is 19.3 Å². The number of rotatable bonds is 1. The van der Waals surface area contributed by atoms with E-state index >= 15 is 0 Å². The van der Waals surface area contributed by atoms with Crippen LogP contribution in [0, 0.1) is 0 Å². The minimum atomic E-state index is -5.50. The highest BCUT2D eigenvalue weighted by Gasteiger charge is 2.54. The van der Waals surface area contributed by atoms with E-state index in [1.54, 1.807) is 0 Å². The fraction of sp³-hybridized carbons (Fsp3) is 0.800. The van der Waals surface area contributed by atoms with Gasteiger partial charge >= 0.3 is 24.2 Å². The molecule has 0 aromatic heterocycles. The molecule has 1 fully saturated rings.